The summed E-state index contributed by atoms with van der Waals surface area (Å²) in [5.41, 5.74) is 0.582. The van der Waals surface area contributed by atoms with Crippen molar-refractivity contribution < 1.29 is 29.0 Å². The van der Waals surface area contributed by atoms with Crippen LogP contribution in [0, 0.1) is 5.41 Å². The summed E-state index contributed by atoms with van der Waals surface area (Å²) in [6.07, 6.45) is 9.50. The molecule has 0 aromatic rings. The summed E-state index contributed by atoms with van der Waals surface area (Å²) in [6.45, 7) is 6.80. The summed E-state index contributed by atoms with van der Waals surface area (Å²) in [7, 11) is 0. The van der Waals surface area contributed by atoms with Gasteiger partial charge in [0.15, 0.2) is 0 Å². The van der Waals surface area contributed by atoms with Gasteiger partial charge in [0.2, 0.25) is 0 Å². The molecular weight excluding hydrogens is 211 g/mol. The maximum Gasteiger partial charge on any atom is -1.00 e. The average molecular weight is 231 g/mol. The Hall–Kier alpha value is 0.363. The van der Waals surface area contributed by atoms with E-state index in [1.54, 1.807) is 24.7 Å². The maximum atomic E-state index is 2.27. The predicted octanol–water partition coefficient (Wildman–Crippen LogP) is 3.84. The zero-order chi connectivity index (χ0) is 8.74. The Kier molecular flexibility index (Phi) is 6.14. The van der Waals surface area contributed by atoms with Gasteiger partial charge in [-0.3, -0.25) is 0 Å². The summed E-state index contributed by atoms with van der Waals surface area (Å²) in [6, 6.07) is 0. The molecule has 0 aromatic carbocycles. The summed E-state index contributed by atoms with van der Waals surface area (Å²) in [5.74, 6) is 0. The van der Waals surface area contributed by atoms with Crippen LogP contribution in [0.1, 0.15) is 31.5 Å². The molecule has 0 N–H and O–H groups in total. The van der Waals surface area contributed by atoms with Gasteiger partial charge in [0.1, 0.15) is 0 Å². The quantitative estimate of drug-likeness (QED) is 0.594. The van der Waals surface area contributed by atoms with Crippen molar-refractivity contribution in [1.29, 1.82) is 0 Å². The molecule has 0 radical (unpaired) electrons. The molecule has 0 heterocycles. The van der Waals surface area contributed by atoms with Gasteiger partial charge < -0.3 is 4.28 Å². The number of allylic oxidation sites excluding steroid dienone is 4. The molecule has 0 saturated heterocycles. The smallest absolute Gasteiger partial charge is 1.00 e. The molecule has 1 heteroatoms. The van der Waals surface area contributed by atoms with Gasteiger partial charge in [-0.15, -0.1) is 0 Å². The first kappa shape index (κ1) is 11.4. The Bertz CT molecular complexity index is 138. The fourth-order valence-corrected chi connectivity index (χ4v) is 0.393. The van der Waals surface area contributed by atoms with Gasteiger partial charge in [-0.25, -0.2) is 0 Å². The van der Waals surface area contributed by atoms with Crippen molar-refractivity contribution >= 4 is 0 Å². The van der Waals surface area contributed by atoms with Crippen LogP contribution in [0.2, 0.25) is 4.13 Å². The van der Waals surface area contributed by atoms with Gasteiger partial charge in [-0.05, 0) is 6.42 Å². The van der Waals surface area contributed by atoms with Crippen molar-refractivity contribution in [2.45, 2.75) is 31.3 Å². The van der Waals surface area contributed by atoms with E-state index in [1.807, 2.05) is 0 Å². The van der Waals surface area contributed by atoms with E-state index < -0.39 is 0 Å². The molecule has 0 atom stereocenters. The van der Waals surface area contributed by atoms with Crippen LogP contribution >= 0.6 is 0 Å². The van der Waals surface area contributed by atoms with E-state index in [4.69, 9.17) is 0 Å². The van der Waals surface area contributed by atoms with E-state index in [0.29, 0.717) is 5.41 Å². The predicted molar refractivity (Wildman–Crippen MR) is 50.5 cm³/mol. The van der Waals surface area contributed by atoms with Crippen LogP contribution in [0.4, 0.5) is 0 Å². The second-order valence-corrected chi connectivity index (χ2v) is 4.70. The first-order valence-corrected chi connectivity index (χ1v) is 5.76. The SMILES string of the molecule is C1=CCC=C1.CC(C)(C)[CH2][Zr+3].[H-].[H-].[H-]. The molecule has 0 saturated carbocycles. The zero-order valence-electron chi connectivity index (χ0n) is 10.7. The average Bonchev–Trinajstić information content (AvgIpc) is 2.41. The van der Waals surface area contributed by atoms with Crippen molar-refractivity contribution in [1.82, 2.24) is 0 Å². The molecule has 0 amide bonds. The van der Waals surface area contributed by atoms with Crippen LogP contribution in [0.3, 0.4) is 0 Å². The van der Waals surface area contributed by atoms with Crippen LogP contribution in [-0.2, 0) is 24.7 Å². The van der Waals surface area contributed by atoms with Gasteiger partial charge >= 0.3 is 55.0 Å². The summed E-state index contributed by atoms with van der Waals surface area (Å²) in [5, 5.41) is 0. The minimum absolute atomic E-state index is 0. The molecule has 11 heavy (non-hydrogen) atoms. The first-order valence-electron chi connectivity index (χ1n) is 4.02. The molecule has 0 spiro atoms. The van der Waals surface area contributed by atoms with Gasteiger partial charge in [0.25, 0.3) is 0 Å². The monoisotopic (exact) mass is 230 g/mol. The van der Waals surface area contributed by atoms with Crippen molar-refractivity contribution in [2.24, 2.45) is 5.41 Å². The van der Waals surface area contributed by atoms with E-state index in [1.165, 1.54) is 4.13 Å². The molecule has 0 aliphatic heterocycles. The van der Waals surface area contributed by atoms with Crippen LogP contribution < -0.4 is 0 Å². The van der Waals surface area contributed by atoms with Crippen molar-refractivity contribution in [3.8, 4) is 0 Å². The summed E-state index contributed by atoms with van der Waals surface area (Å²) in [4.78, 5) is 0. The Balaban J connectivity index is -0.0000000590. The van der Waals surface area contributed by atoms with Crippen LogP contribution in [0.15, 0.2) is 24.3 Å². The second kappa shape index (κ2) is 5.94. The van der Waals surface area contributed by atoms with E-state index in [-0.39, 0.29) is 4.28 Å². The van der Waals surface area contributed by atoms with E-state index >= 15 is 0 Å². The largest absolute Gasteiger partial charge is 1.00 e. The molecular formula is C10H20Zr. The normalized spacial score (nSPS) is 14.6. The number of hydrogen-bond acceptors (Lipinski definition) is 0. The first-order chi connectivity index (χ1) is 5.06. The van der Waals surface area contributed by atoms with E-state index in [9.17, 15) is 0 Å². The Morgan fingerprint density at radius 2 is 1.64 bits per heavy atom. The zero-order valence-corrected chi connectivity index (χ0v) is 10.2. The third kappa shape index (κ3) is 10.4. The minimum Gasteiger partial charge on any atom is -1.00 e. The van der Waals surface area contributed by atoms with Gasteiger partial charge in [0.05, 0.1) is 0 Å². The number of rotatable bonds is 0. The Morgan fingerprint density at radius 1 is 1.27 bits per heavy atom. The van der Waals surface area contributed by atoms with E-state index in [0.717, 1.165) is 6.42 Å². The Morgan fingerprint density at radius 3 is 1.73 bits per heavy atom. The maximum absolute atomic E-state index is 2.27. The summed E-state index contributed by atoms with van der Waals surface area (Å²) >= 11 is 1.65. The molecule has 0 aromatic heterocycles. The summed E-state index contributed by atoms with van der Waals surface area (Å²) < 4.78 is 1.36. The Labute approximate surface area is 90.1 Å². The van der Waals surface area contributed by atoms with Gasteiger partial charge in [-0.1, -0.05) is 24.3 Å². The van der Waals surface area contributed by atoms with Crippen molar-refractivity contribution in [3.05, 3.63) is 24.3 Å². The van der Waals surface area contributed by atoms with E-state index in [2.05, 4.69) is 45.1 Å². The second-order valence-electron chi connectivity index (χ2n) is 3.83. The molecule has 1 aliphatic rings. The molecule has 0 unspecified atom stereocenters. The standard InChI is InChI=1S/C5H6.C5H11.Zr.3H/c1-2-4-5-3-1;1-5(2,3)4;;;;/h1-4H,5H2;1H2,2-4H3;;;;/q;;+3;3*-1. The topological polar surface area (TPSA) is 0 Å². The molecule has 0 fully saturated rings. The fraction of sp³-hybridized carbons (Fsp3) is 0.600. The molecule has 1 rings (SSSR count). The third-order valence-electron chi connectivity index (χ3n) is 1.19. The van der Waals surface area contributed by atoms with Crippen LogP contribution in [0.5, 0.6) is 0 Å². The fourth-order valence-electron chi connectivity index (χ4n) is 0.393. The molecule has 64 valence electrons. The molecule has 1 aliphatic carbocycles. The van der Waals surface area contributed by atoms with Crippen LogP contribution in [0.25, 0.3) is 0 Å². The minimum atomic E-state index is 0. The third-order valence-corrected chi connectivity index (χ3v) is 3.79. The van der Waals surface area contributed by atoms with Crippen molar-refractivity contribution in [3.63, 3.8) is 0 Å². The van der Waals surface area contributed by atoms with Gasteiger partial charge in [-0.2, -0.15) is 0 Å². The van der Waals surface area contributed by atoms with Crippen molar-refractivity contribution in [2.75, 3.05) is 0 Å². The van der Waals surface area contributed by atoms with Crippen LogP contribution in [-0.4, -0.2) is 0 Å². The molecule has 0 bridgehead atoms. The number of hydrogen-bond donors (Lipinski definition) is 0. The van der Waals surface area contributed by atoms with Gasteiger partial charge in [0, 0.05) is 0 Å². The molecule has 0 nitrogen and oxygen atoms in total.